The largest absolute Gasteiger partial charge is 0.508 e. The molecule has 0 aliphatic rings. The number of alkyl carbamates (subject to hydrolysis) is 1. The predicted molar refractivity (Wildman–Crippen MR) is 159 cm³/mol. The molecule has 0 aliphatic carbocycles. The third kappa shape index (κ3) is 8.83. The number of carbonyl (C=O) groups is 3. The van der Waals surface area contributed by atoms with Crippen LogP contribution in [0.5, 0.6) is 5.75 Å². The van der Waals surface area contributed by atoms with E-state index in [1.54, 1.807) is 32.9 Å². The van der Waals surface area contributed by atoms with Crippen LogP contribution in [0, 0.1) is 13.8 Å². The van der Waals surface area contributed by atoms with Crippen molar-refractivity contribution in [2.75, 3.05) is 6.54 Å². The Kier molecular flexibility index (Phi) is 10.5. The lowest BCUT2D eigenvalue weighted by Crippen LogP contribution is -2.54. The lowest BCUT2D eigenvalue weighted by atomic mass is 9.93. The third-order valence-corrected chi connectivity index (χ3v) is 6.67. The van der Waals surface area contributed by atoms with E-state index in [1.165, 1.54) is 17.0 Å². The fourth-order valence-electron chi connectivity index (χ4n) is 4.75. The van der Waals surface area contributed by atoms with Gasteiger partial charge in [0, 0.05) is 19.5 Å². The highest BCUT2D eigenvalue weighted by Crippen LogP contribution is 2.29. The molecule has 0 saturated heterocycles. The summed E-state index contributed by atoms with van der Waals surface area (Å²) in [5, 5.41) is 15.5. The molecule has 8 heteroatoms. The molecule has 0 fully saturated rings. The highest BCUT2D eigenvalue weighted by molar-refractivity contribution is 5.92. The van der Waals surface area contributed by atoms with Gasteiger partial charge in [-0.25, -0.2) is 4.79 Å². The molecule has 8 nitrogen and oxygen atoms in total. The summed E-state index contributed by atoms with van der Waals surface area (Å²) in [6.07, 6.45) is -0.595. The highest BCUT2D eigenvalue weighted by atomic mass is 16.6. The van der Waals surface area contributed by atoms with Crippen molar-refractivity contribution in [3.63, 3.8) is 0 Å². The molecule has 0 heterocycles. The van der Waals surface area contributed by atoms with E-state index < -0.39 is 29.7 Å². The Morgan fingerprint density at radius 2 is 1.49 bits per heavy atom. The number of phenols is 1. The number of nitrogens with zero attached hydrogens (tertiary/aromatic N) is 1. The molecule has 0 aromatic heterocycles. The molecule has 3 rings (SSSR count). The number of phenolic OH excluding ortho intramolecular Hbond substituents is 1. The molecule has 41 heavy (non-hydrogen) atoms. The molecule has 218 valence electrons. The Morgan fingerprint density at radius 1 is 0.878 bits per heavy atom. The standard InChI is InChI=1S/C33H41N3O5/c1-7-36(31(39)27(35-32(40)41-33(4,5)6)20-24-16-18-26(37)19-17-24)29(28-22(2)12-11-13-23(28)3)30(38)34-21-25-14-9-8-10-15-25/h8-19,27,29,37H,7,20-21H2,1-6H3,(H,34,38)(H,35,40). The van der Waals surface area contributed by atoms with Gasteiger partial charge in [0.15, 0.2) is 0 Å². The second kappa shape index (κ2) is 13.8. The Labute approximate surface area is 242 Å². The number of likely N-dealkylation sites (N-methyl/N-ethyl adjacent to an activating group) is 1. The number of nitrogens with one attached hydrogen (secondary N) is 2. The number of ether oxygens (including phenoxy) is 1. The van der Waals surface area contributed by atoms with E-state index in [4.69, 9.17) is 4.74 Å². The number of amides is 3. The fraction of sp³-hybridized carbons (Fsp3) is 0.364. The van der Waals surface area contributed by atoms with Gasteiger partial charge in [0.05, 0.1) is 0 Å². The summed E-state index contributed by atoms with van der Waals surface area (Å²) >= 11 is 0. The average Bonchev–Trinajstić information content (AvgIpc) is 2.91. The Balaban J connectivity index is 2.00. The van der Waals surface area contributed by atoms with Crippen LogP contribution in [0.4, 0.5) is 4.79 Å². The van der Waals surface area contributed by atoms with E-state index in [0.717, 1.165) is 27.8 Å². The molecule has 3 aromatic carbocycles. The first-order valence-corrected chi connectivity index (χ1v) is 13.8. The van der Waals surface area contributed by atoms with Gasteiger partial charge in [-0.2, -0.15) is 0 Å². The number of hydrogen-bond acceptors (Lipinski definition) is 5. The van der Waals surface area contributed by atoms with E-state index in [2.05, 4.69) is 10.6 Å². The second-order valence-corrected chi connectivity index (χ2v) is 11.1. The number of benzene rings is 3. The molecular formula is C33H41N3O5. The van der Waals surface area contributed by atoms with E-state index in [1.807, 2.05) is 69.3 Å². The van der Waals surface area contributed by atoms with Gasteiger partial charge in [-0.15, -0.1) is 0 Å². The summed E-state index contributed by atoms with van der Waals surface area (Å²) in [7, 11) is 0. The zero-order valence-electron chi connectivity index (χ0n) is 24.7. The van der Waals surface area contributed by atoms with E-state index >= 15 is 0 Å². The monoisotopic (exact) mass is 559 g/mol. The molecule has 2 atom stereocenters. The van der Waals surface area contributed by atoms with Crippen molar-refractivity contribution in [2.24, 2.45) is 0 Å². The molecular weight excluding hydrogens is 518 g/mol. The van der Waals surface area contributed by atoms with E-state index in [0.29, 0.717) is 6.54 Å². The predicted octanol–water partition coefficient (Wildman–Crippen LogP) is 5.35. The van der Waals surface area contributed by atoms with Crippen LogP contribution in [0.2, 0.25) is 0 Å². The van der Waals surface area contributed by atoms with Crippen LogP contribution in [0.15, 0.2) is 72.8 Å². The van der Waals surface area contributed by atoms with Crippen LogP contribution in [-0.4, -0.2) is 46.1 Å². The fourth-order valence-corrected chi connectivity index (χ4v) is 4.75. The first kappa shape index (κ1) is 31.2. The van der Waals surface area contributed by atoms with Gasteiger partial charge in [0.2, 0.25) is 11.8 Å². The van der Waals surface area contributed by atoms with Crippen LogP contribution >= 0.6 is 0 Å². The molecule has 0 aliphatic heterocycles. The summed E-state index contributed by atoms with van der Waals surface area (Å²) in [5.74, 6) is -0.645. The van der Waals surface area contributed by atoms with Crippen molar-refractivity contribution in [1.82, 2.24) is 15.5 Å². The van der Waals surface area contributed by atoms with Gasteiger partial charge >= 0.3 is 6.09 Å². The van der Waals surface area contributed by atoms with Crippen molar-refractivity contribution >= 4 is 17.9 Å². The Hall–Kier alpha value is -4.33. The topological polar surface area (TPSA) is 108 Å². The zero-order valence-corrected chi connectivity index (χ0v) is 24.7. The quantitative estimate of drug-likeness (QED) is 0.310. The lowest BCUT2D eigenvalue weighted by Gasteiger charge is -2.35. The van der Waals surface area contributed by atoms with Crippen molar-refractivity contribution < 1.29 is 24.2 Å². The number of aromatic hydroxyl groups is 1. The van der Waals surface area contributed by atoms with E-state index in [9.17, 15) is 19.5 Å². The SMILES string of the molecule is CCN(C(=O)C(Cc1ccc(O)cc1)NC(=O)OC(C)(C)C)C(C(=O)NCc1ccccc1)c1c(C)cccc1C. The van der Waals surface area contributed by atoms with Crippen molar-refractivity contribution in [1.29, 1.82) is 0 Å². The summed E-state index contributed by atoms with van der Waals surface area (Å²) < 4.78 is 5.47. The number of aryl methyl sites for hydroxylation is 2. The van der Waals surface area contributed by atoms with Crippen molar-refractivity contribution in [3.8, 4) is 5.75 Å². The molecule has 0 bridgehead atoms. The average molecular weight is 560 g/mol. The first-order valence-electron chi connectivity index (χ1n) is 13.8. The molecule has 3 aromatic rings. The second-order valence-electron chi connectivity index (χ2n) is 11.1. The highest BCUT2D eigenvalue weighted by Gasteiger charge is 2.37. The van der Waals surface area contributed by atoms with Crippen molar-refractivity contribution in [2.45, 2.75) is 72.2 Å². The number of carbonyl (C=O) groups excluding carboxylic acids is 3. The Morgan fingerprint density at radius 3 is 2.05 bits per heavy atom. The minimum absolute atomic E-state index is 0.0945. The summed E-state index contributed by atoms with van der Waals surface area (Å²) in [5.41, 5.74) is 3.41. The maximum atomic E-state index is 14.3. The smallest absolute Gasteiger partial charge is 0.408 e. The minimum atomic E-state index is -1.02. The molecule has 0 saturated carbocycles. The maximum absolute atomic E-state index is 14.3. The van der Waals surface area contributed by atoms with E-state index in [-0.39, 0.29) is 24.6 Å². The van der Waals surface area contributed by atoms with Gasteiger partial charge < -0.3 is 25.4 Å². The number of hydrogen-bond donors (Lipinski definition) is 3. The minimum Gasteiger partial charge on any atom is -0.508 e. The Bertz CT molecular complexity index is 1310. The summed E-state index contributed by atoms with van der Waals surface area (Å²) in [4.78, 5) is 42.6. The molecule has 0 radical (unpaired) electrons. The van der Waals surface area contributed by atoms with Crippen LogP contribution < -0.4 is 10.6 Å². The van der Waals surface area contributed by atoms with Gasteiger partial charge in [0.1, 0.15) is 23.4 Å². The normalized spacial score (nSPS) is 12.6. The van der Waals surface area contributed by atoms with Crippen LogP contribution in [0.3, 0.4) is 0 Å². The molecule has 0 spiro atoms. The number of rotatable bonds is 10. The molecule has 3 N–H and O–H groups in total. The molecule has 3 amide bonds. The first-order chi connectivity index (χ1) is 19.4. The maximum Gasteiger partial charge on any atom is 0.408 e. The van der Waals surface area contributed by atoms with Gasteiger partial charge in [0.25, 0.3) is 0 Å². The van der Waals surface area contributed by atoms with Crippen LogP contribution in [0.25, 0.3) is 0 Å². The van der Waals surface area contributed by atoms with Crippen molar-refractivity contribution in [3.05, 3.63) is 101 Å². The summed E-state index contributed by atoms with van der Waals surface area (Å²) in [6.45, 7) is 11.4. The van der Waals surface area contributed by atoms with Gasteiger partial charge in [-0.1, -0.05) is 60.7 Å². The third-order valence-electron chi connectivity index (χ3n) is 6.67. The van der Waals surface area contributed by atoms with Crippen LogP contribution in [-0.2, 0) is 27.3 Å². The lowest BCUT2D eigenvalue weighted by molar-refractivity contribution is -0.142. The van der Waals surface area contributed by atoms with Crippen LogP contribution in [0.1, 0.15) is 61.6 Å². The van der Waals surface area contributed by atoms with Gasteiger partial charge in [-0.05, 0) is 81.5 Å². The molecule has 2 unspecified atom stereocenters. The zero-order chi connectivity index (χ0) is 30.2. The van der Waals surface area contributed by atoms with Gasteiger partial charge in [-0.3, -0.25) is 9.59 Å². The summed E-state index contributed by atoms with van der Waals surface area (Å²) in [6, 6.07) is 19.8.